The number of phenolic OH excluding ortho intramolecular Hbond substituents is 1. The molecular formula is C11H13NO2. The van der Waals surface area contributed by atoms with Gasteiger partial charge in [0.2, 0.25) is 0 Å². The van der Waals surface area contributed by atoms with Gasteiger partial charge in [0.15, 0.2) is 6.29 Å². The van der Waals surface area contributed by atoms with Gasteiger partial charge < -0.3 is 10.4 Å². The first kappa shape index (κ1) is 10.3. The van der Waals surface area contributed by atoms with Crippen molar-refractivity contribution in [2.45, 2.75) is 6.92 Å². The summed E-state index contributed by atoms with van der Waals surface area (Å²) in [5, 5.41) is 12.3. The van der Waals surface area contributed by atoms with Gasteiger partial charge in [0.1, 0.15) is 5.75 Å². The lowest BCUT2D eigenvalue weighted by atomic mass is 10.0. The number of nitrogens with one attached hydrogen (secondary N) is 1. The van der Waals surface area contributed by atoms with E-state index in [1.54, 1.807) is 31.5 Å². The number of carbonyl (C=O) groups excluding carboxylic acids is 1. The Morgan fingerprint density at radius 3 is 2.64 bits per heavy atom. The van der Waals surface area contributed by atoms with Crippen molar-refractivity contribution in [3.63, 3.8) is 0 Å². The lowest BCUT2D eigenvalue weighted by molar-refractivity contribution is 0.112. The van der Waals surface area contributed by atoms with Crippen LogP contribution in [0.4, 0.5) is 0 Å². The van der Waals surface area contributed by atoms with Gasteiger partial charge in [-0.25, -0.2) is 0 Å². The molecular weight excluding hydrogens is 178 g/mol. The molecule has 0 aromatic heterocycles. The van der Waals surface area contributed by atoms with Crippen LogP contribution in [0.15, 0.2) is 18.3 Å². The van der Waals surface area contributed by atoms with Crippen LogP contribution in [0.25, 0.3) is 6.08 Å². The van der Waals surface area contributed by atoms with E-state index < -0.39 is 0 Å². The number of hydrogen-bond donors (Lipinski definition) is 2. The fraction of sp³-hybridized carbons (Fsp3) is 0.182. The van der Waals surface area contributed by atoms with E-state index in [1.165, 1.54) is 0 Å². The largest absolute Gasteiger partial charge is 0.507 e. The minimum atomic E-state index is 0.115. The van der Waals surface area contributed by atoms with Crippen LogP contribution in [0.2, 0.25) is 0 Å². The standard InChI is InChI=1S/C11H13NO2/c1-8-3-4-11(14)9(5-6-12-2)10(8)7-13/h3-7,12,14H,1-2H3/b6-5-. The number of aryl methyl sites for hydroxylation is 1. The lowest BCUT2D eigenvalue weighted by Crippen LogP contribution is -1.95. The fourth-order valence-electron chi connectivity index (χ4n) is 1.23. The molecule has 0 spiro atoms. The zero-order chi connectivity index (χ0) is 10.6. The molecule has 14 heavy (non-hydrogen) atoms. The third-order valence-corrected chi connectivity index (χ3v) is 2.02. The zero-order valence-corrected chi connectivity index (χ0v) is 8.24. The van der Waals surface area contributed by atoms with Crippen LogP contribution in [-0.2, 0) is 0 Å². The summed E-state index contributed by atoms with van der Waals surface area (Å²) in [6, 6.07) is 3.30. The molecule has 0 aliphatic rings. The van der Waals surface area contributed by atoms with E-state index >= 15 is 0 Å². The van der Waals surface area contributed by atoms with E-state index in [9.17, 15) is 9.90 Å². The minimum absolute atomic E-state index is 0.115. The topological polar surface area (TPSA) is 49.3 Å². The second kappa shape index (κ2) is 4.46. The summed E-state index contributed by atoms with van der Waals surface area (Å²) in [6.07, 6.45) is 4.10. The molecule has 3 heteroatoms. The number of rotatable bonds is 3. The number of carbonyl (C=O) groups is 1. The Kier molecular flexibility index (Phi) is 3.29. The van der Waals surface area contributed by atoms with Gasteiger partial charge in [0.25, 0.3) is 0 Å². The Labute approximate surface area is 83.1 Å². The van der Waals surface area contributed by atoms with Crippen molar-refractivity contribution in [1.29, 1.82) is 0 Å². The maximum absolute atomic E-state index is 10.8. The average molecular weight is 191 g/mol. The Balaban J connectivity index is 3.29. The summed E-state index contributed by atoms with van der Waals surface area (Å²) in [5.41, 5.74) is 1.93. The first-order valence-electron chi connectivity index (χ1n) is 4.32. The van der Waals surface area contributed by atoms with Crippen LogP contribution >= 0.6 is 0 Å². The van der Waals surface area contributed by atoms with Gasteiger partial charge >= 0.3 is 0 Å². The van der Waals surface area contributed by atoms with E-state index in [4.69, 9.17) is 0 Å². The summed E-state index contributed by atoms with van der Waals surface area (Å²) in [6.45, 7) is 1.83. The number of aromatic hydroxyl groups is 1. The van der Waals surface area contributed by atoms with E-state index in [1.807, 2.05) is 6.92 Å². The molecule has 3 nitrogen and oxygen atoms in total. The van der Waals surface area contributed by atoms with Gasteiger partial charge in [-0.2, -0.15) is 0 Å². The van der Waals surface area contributed by atoms with Crippen molar-refractivity contribution < 1.29 is 9.90 Å². The molecule has 0 fully saturated rings. The van der Waals surface area contributed by atoms with Crippen molar-refractivity contribution >= 4 is 12.4 Å². The molecule has 74 valence electrons. The van der Waals surface area contributed by atoms with Gasteiger partial charge in [-0.1, -0.05) is 6.07 Å². The molecule has 0 aliphatic carbocycles. The molecule has 0 radical (unpaired) electrons. The third kappa shape index (κ3) is 1.93. The van der Waals surface area contributed by atoms with Crippen LogP contribution in [0.3, 0.4) is 0 Å². The number of benzene rings is 1. The van der Waals surface area contributed by atoms with E-state index in [-0.39, 0.29) is 5.75 Å². The van der Waals surface area contributed by atoms with Crippen molar-refractivity contribution in [3.8, 4) is 5.75 Å². The SMILES string of the molecule is CN/C=C\c1c(O)ccc(C)c1C=O. The smallest absolute Gasteiger partial charge is 0.151 e. The van der Waals surface area contributed by atoms with Crippen molar-refractivity contribution in [1.82, 2.24) is 5.32 Å². The van der Waals surface area contributed by atoms with Gasteiger partial charge in [-0.15, -0.1) is 0 Å². The number of hydrogen-bond acceptors (Lipinski definition) is 3. The van der Waals surface area contributed by atoms with Gasteiger partial charge in [-0.05, 0) is 30.8 Å². The normalized spacial score (nSPS) is 10.4. The minimum Gasteiger partial charge on any atom is -0.507 e. The van der Waals surface area contributed by atoms with Crippen LogP contribution in [0.5, 0.6) is 5.75 Å². The highest BCUT2D eigenvalue weighted by Crippen LogP contribution is 2.24. The Hall–Kier alpha value is -1.77. The fourth-order valence-corrected chi connectivity index (χ4v) is 1.23. The highest BCUT2D eigenvalue weighted by molar-refractivity contribution is 5.85. The summed E-state index contributed by atoms with van der Waals surface area (Å²) in [7, 11) is 1.75. The summed E-state index contributed by atoms with van der Waals surface area (Å²) >= 11 is 0. The molecule has 0 bridgehead atoms. The monoisotopic (exact) mass is 191 g/mol. The maximum Gasteiger partial charge on any atom is 0.151 e. The third-order valence-electron chi connectivity index (χ3n) is 2.02. The molecule has 0 amide bonds. The van der Waals surface area contributed by atoms with Crippen LogP contribution in [0.1, 0.15) is 21.5 Å². The summed E-state index contributed by atoms with van der Waals surface area (Å²) in [4.78, 5) is 10.8. The number of phenols is 1. The molecule has 0 saturated heterocycles. The first-order valence-corrected chi connectivity index (χ1v) is 4.32. The first-order chi connectivity index (χ1) is 6.70. The molecule has 1 aromatic rings. The Morgan fingerprint density at radius 1 is 1.36 bits per heavy atom. The quantitative estimate of drug-likeness (QED) is 0.715. The molecule has 0 saturated carbocycles. The predicted octanol–water partition coefficient (Wildman–Crippen LogP) is 1.70. The Bertz CT molecular complexity index is 370. The van der Waals surface area contributed by atoms with Gasteiger partial charge in [0.05, 0.1) is 0 Å². The zero-order valence-electron chi connectivity index (χ0n) is 8.24. The molecule has 1 rings (SSSR count). The molecule has 0 heterocycles. The van der Waals surface area contributed by atoms with Crippen LogP contribution in [0, 0.1) is 6.92 Å². The van der Waals surface area contributed by atoms with E-state index in [0.29, 0.717) is 11.1 Å². The summed E-state index contributed by atoms with van der Waals surface area (Å²) < 4.78 is 0. The van der Waals surface area contributed by atoms with Crippen molar-refractivity contribution in [3.05, 3.63) is 35.0 Å². The van der Waals surface area contributed by atoms with Gasteiger partial charge in [-0.3, -0.25) is 4.79 Å². The lowest BCUT2D eigenvalue weighted by Gasteiger charge is -2.05. The molecule has 1 aromatic carbocycles. The van der Waals surface area contributed by atoms with Crippen molar-refractivity contribution in [2.24, 2.45) is 0 Å². The molecule has 2 N–H and O–H groups in total. The van der Waals surface area contributed by atoms with E-state index in [0.717, 1.165) is 11.8 Å². The maximum atomic E-state index is 10.8. The predicted molar refractivity (Wildman–Crippen MR) is 56.3 cm³/mol. The Morgan fingerprint density at radius 2 is 2.07 bits per heavy atom. The summed E-state index contributed by atoms with van der Waals surface area (Å²) in [5.74, 6) is 0.115. The number of aldehydes is 1. The molecule has 0 atom stereocenters. The average Bonchev–Trinajstić information content (AvgIpc) is 2.19. The highest BCUT2D eigenvalue weighted by atomic mass is 16.3. The second-order valence-corrected chi connectivity index (χ2v) is 2.97. The van der Waals surface area contributed by atoms with Crippen LogP contribution in [-0.4, -0.2) is 18.4 Å². The highest BCUT2D eigenvalue weighted by Gasteiger charge is 2.06. The molecule has 0 unspecified atom stereocenters. The van der Waals surface area contributed by atoms with Crippen molar-refractivity contribution in [2.75, 3.05) is 7.05 Å². The van der Waals surface area contributed by atoms with Crippen LogP contribution < -0.4 is 5.32 Å². The van der Waals surface area contributed by atoms with E-state index in [2.05, 4.69) is 5.32 Å². The van der Waals surface area contributed by atoms with Gasteiger partial charge in [0, 0.05) is 18.2 Å². The molecule has 0 aliphatic heterocycles. The second-order valence-electron chi connectivity index (χ2n) is 2.97.